The Hall–Kier alpha value is -2.17. The third kappa shape index (κ3) is 4.51. The second-order valence-corrected chi connectivity index (χ2v) is 7.44. The summed E-state index contributed by atoms with van der Waals surface area (Å²) < 4.78 is 5.27. The second-order valence-electron chi connectivity index (χ2n) is 7.44. The van der Waals surface area contributed by atoms with Crippen molar-refractivity contribution in [3.8, 4) is 0 Å². The van der Waals surface area contributed by atoms with Crippen LogP contribution in [0.2, 0.25) is 0 Å². The number of amides is 1. The molecule has 1 N–H and O–H groups in total. The monoisotopic (exact) mass is 357 g/mol. The average molecular weight is 357 g/mol. The first-order valence-electron chi connectivity index (χ1n) is 9.63. The van der Waals surface area contributed by atoms with Crippen molar-refractivity contribution >= 4 is 17.7 Å². The predicted molar refractivity (Wildman–Crippen MR) is 97.9 cm³/mol. The van der Waals surface area contributed by atoms with Gasteiger partial charge in [-0.3, -0.25) is 9.59 Å². The number of aryl methyl sites for hydroxylation is 2. The molecule has 1 aromatic rings. The molecule has 0 bridgehead atoms. The molecular formula is C21H27NO4. The van der Waals surface area contributed by atoms with Crippen LogP contribution in [0.25, 0.3) is 0 Å². The third-order valence-corrected chi connectivity index (χ3v) is 5.50. The number of ether oxygens (including phenoxy) is 1. The summed E-state index contributed by atoms with van der Waals surface area (Å²) in [7, 11) is 0. The van der Waals surface area contributed by atoms with Gasteiger partial charge in [-0.15, -0.1) is 0 Å². The molecule has 0 heterocycles. The summed E-state index contributed by atoms with van der Waals surface area (Å²) in [6.07, 6.45) is 8.34. The Morgan fingerprint density at radius 2 is 1.77 bits per heavy atom. The normalized spacial score (nSPS) is 18.0. The lowest BCUT2D eigenvalue weighted by Gasteiger charge is -2.22. The highest BCUT2D eigenvalue weighted by Crippen LogP contribution is 2.28. The molecule has 26 heavy (non-hydrogen) atoms. The fourth-order valence-electron chi connectivity index (χ4n) is 4.10. The molecule has 0 saturated heterocycles. The van der Waals surface area contributed by atoms with E-state index in [2.05, 4.69) is 5.32 Å². The van der Waals surface area contributed by atoms with Crippen LogP contribution in [0.3, 0.4) is 0 Å². The first kappa shape index (κ1) is 18.6. The molecule has 0 radical (unpaired) electrons. The molecule has 1 saturated carbocycles. The molecular weight excluding hydrogens is 330 g/mol. The SMILES string of the molecule is CC(=O)NC(C(=O)OCC(=O)c1ccc2c(c1)CCCC2)C1CCCC1. The van der Waals surface area contributed by atoms with Gasteiger partial charge in [-0.05, 0) is 61.6 Å². The summed E-state index contributed by atoms with van der Waals surface area (Å²) in [6, 6.07) is 5.13. The summed E-state index contributed by atoms with van der Waals surface area (Å²) in [5, 5.41) is 2.70. The third-order valence-electron chi connectivity index (χ3n) is 5.50. The Morgan fingerprint density at radius 1 is 1.08 bits per heavy atom. The van der Waals surface area contributed by atoms with Gasteiger partial charge in [0.1, 0.15) is 6.04 Å². The summed E-state index contributed by atoms with van der Waals surface area (Å²) >= 11 is 0. The number of nitrogens with one attached hydrogen (secondary N) is 1. The van der Waals surface area contributed by atoms with Crippen molar-refractivity contribution in [2.45, 2.75) is 64.3 Å². The standard InChI is InChI=1S/C21H27NO4/c1-14(23)22-20(16-7-3-4-8-16)21(25)26-13-19(24)18-11-10-15-6-2-5-9-17(15)12-18/h10-12,16,20H,2-9,13H2,1H3,(H,22,23). The Bertz CT molecular complexity index is 691. The molecule has 5 heteroatoms. The van der Waals surface area contributed by atoms with E-state index in [0.717, 1.165) is 44.9 Å². The van der Waals surface area contributed by atoms with E-state index in [4.69, 9.17) is 4.74 Å². The number of fused-ring (bicyclic) bond motifs is 1. The van der Waals surface area contributed by atoms with Crippen LogP contribution in [0.15, 0.2) is 18.2 Å². The number of rotatable bonds is 6. The minimum atomic E-state index is -0.647. The smallest absolute Gasteiger partial charge is 0.329 e. The number of esters is 1. The van der Waals surface area contributed by atoms with Crippen LogP contribution in [-0.4, -0.2) is 30.3 Å². The number of carbonyl (C=O) groups excluding carboxylic acids is 3. The van der Waals surface area contributed by atoms with Gasteiger partial charge in [0.15, 0.2) is 12.4 Å². The van der Waals surface area contributed by atoms with Gasteiger partial charge < -0.3 is 10.1 Å². The zero-order valence-corrected chi connectivity index (χ0v) is 15.4. The van der Waals surface area contributed by atoms with E-state index in [0.29, 0.717) is 5.56 Å². The lowest BCUT2D eigenvalue weighted by Crippen LogP contribution is -2.45. The fourth-order valence-corrected chi connectivity index (χ4v) is 4.10. The molecule has 140 valence electrons. The van der Waals surface area contributed by atoms with Crippen molar-refractivity contribution < 1.29 is 19.1 Å². The van der Waals surface area contributed by atoms with Gasteiger partial charge in [-0.25, -0.2) is 4.79 Å². The molecule has 1 unspecified atom stereocenters. The fraction of sp³-hybridized carbons (Fsp3) is 0.571. The van der Waals surface area contributed by atoms with E-state index in [1.165, 1.54) is 24.5 Å². The van der Waals surface area contributed by atoms with Crippen LogP contribution in [0.5, 0.6) is 0 Å². The highest BCUT2D eigenvalue weighted by molar-refractivity contribution is 5.98. The summed E-state index contributed by atoms with van der Waals surface area (Å²) in [5.41, 5.74) is 3.14. The van der Waals surface area contributed by atoms with Crippen LogP contribution in [-0.2, 0) is 27.2 Å². The van der Waals surface area contributed by atoms with Crippen LogP contribution in [0.4, 0.5) is 0 Å². The minimum absolute atomic E-state index is 0.102. The van der Waals surface area contributed by atoms with Crippen LogP contribution in [0, 0.1) is 5.92 Å². The largest absolute Gasteiger partial charge is 0.456 e. The number of carbonyl (C=O) groups is 3. The number of hydrogen-bond acceptors (Lipinski definition) is 4. The molecule has 2 aliphatic rings. The lowest BCUT2D eigenvalue weighted by atomic mass is 9.90. The number of hydrogen-bond donors (Lipinski definition) is 1. The maximum atomic E-state index is 12.4. The van der Waals surface area contributed by atoms with Crippen LogP contribution >= 0.6 is 0 Å². The molecule has 3 rings (SSSR count). The van der Waals surface area contributed by atoms with E-state index in [9.17, 15) is 14.4 Å². The van der Waals surface area contributed by atoms with Crippen molar-refractivity contribution in [1.82, 2.24) is 5.32 Å². The molecule has 1 fully saturated rings. The lowest BCUT2D eigenvalue weighted by molar-refractivity contribution is -0.148. The highest BCUT2D eigenvalue weighted by Gasteiger charge is 2.32. The van der Waals surface area contributed by atoms with Gasteiger partial charge >= 0.3 is 5.97 Å². The molecule has 2 aliphatic carbocycles. The number of ketones is 1. The molecule has 0 aliphatic heterocycles. The van der Waals surface area contributed by atoms with Crippen molar-refractivity contribution in [3.63, 3.8) is 0 Å². The maximum Gasteiger partial charge on any atom is 0.329 e. The first-order chi connectivity index (χ1) is 12.5. The maximum absolute atomic E-state index is 12.4. The predicted octanol–water partition coefficient (Wildman–Crippen LogP) is 2.99. The number of Topliss-reactive ketones (excluding diaryl/α,β-unsaturated/α-hetero) is 1. The Balaban J connectivity index is 1.60. The van der Waals surface area contributed by atoms with E-state index in [-0.39, 0.29) is 24.2 Å². The second kappa shape index (κ2) is 8.47. The topological polar surface area (TPSA) is 72.5 Å². The molecule has 1 aromatic carbocycles. The van der Waals surface area contributed by atoms with Crippen LogP contribution in [0.1, 0.15) is 66.9 Å². The minimum Gasteiger partial charge on any atom is -0.456 e. The zero-order chi connectivity index (χ0) is 18.5. The van der Waals surface area contributed by atoms with Gasteiger partial charge in [0.05, 0.1) is 0 Å². The van der Waals surface area contributed by atoms with E-state index in [1.807, 2.05) is 18.2 Å². The van der Waals surface area contributed by atoms with Gasteiger partial charge in [0.2, 0.25) is 5.91 Å². The van der Waals surface area contributed by atoms with Crippen molar-refractivity contribution in [2.24, 2.45) is 5.92 Å². The molecule has 0 aromatic heterocycles. The average Bonchev–Trinajstić information content (AvgIpc) is 3.17. The number of benzene rings is 1. The Morgan fingerprint density at radius 3 is 2.46 bits per heavy atom. The van der Waals surface area contributed by atoms with E-state index < -0.39 is 12.0 Å². The van der Waals surface area contributed by atoms with Gasteiger partial charge in [0, 0.05) is 12.5 Å². The highest BCUT2D eigenvalue weighted by atomic mass is 16.5. The summed E-state index contributed by atoms with van der Waals surface area (Å²) in [6.45, 7) is 1.12. The quantitative estimate of drug-likeness (QED) is 0.627. The van der Waals surface area contributed by atoms with Gasteiger partial charge in [0.25, 0.3) is 0 Å². The van der Waals surface area contributed by atoms with Crippen LogP contribution < -0.4 is 5.32 Å². The molecule has 5 nitrogen and oxygen atoms in total. The summed E-state index contributed by atoms with van der Waals surface area (Å²) in [5.74, 6) is -0.844. The Kier molecular flexibility index (Phi) is 6.07. The van der Waals surface area contributed by atoms with E-state index in [1.54, 1.807) is 0 Å². The van der Waals surface area contributed by atoms with Gasteiger partial charge in [-0.1, -0.05) is 25.0 Å². The van der Waals surface area contributed by atoms with Crippen molar-refractivity contribution in [2.75, 3.05) is 6.61 Å². The molecule has 0 spiro atoms. The first-order valence-corrected chi connectivity index (χ1v) is 9.63. The van der Waals surface area contributed by atoms with Gasteiger partial charge in [-0.2, -0.15) is 0 Å². The molecule has 1 amide bonds. The zero-order valence-electron chi connectivity index (χ0n) is 15.4. The van der Waals surface area contributed by atoms with Crippen molar-refractivity contribution in [3.05, 3.63) is 34.9 Å². The Labute approximate surface area is 154 Å². The van der Waals surface area contributed by atoms with Crippen molar-refractivity contribution in [1.29, 1.82) is 0 Å². The molecule has 1 atom stereocenters. The van der Waals surface area contributed by atoms with E-state index >= 15 is 0 Å². The summed E-state index contributed by atoms with van der Waals surface area (Å²) in [4.78, 5) is 36.3.